The molecule has 0 unspecified atom stereocenters. The molecule has 0 spiro atoms. The van der Waals surface area contributed by atoms with Gasteiger partial charge in [-0.15, -0.1) is 0 Å². The quantitative estimate of drug-likeness (QED) is 0.485. The van der Waals surface area contributed by atoms with E-state index in [9.17, 15) is 22.4 Å². The van der Waals surface area contributed by atoms with Gasteiger partial charge in [0.05, 0.1) is 11.9 Å². The van der Waals surface area contributed by atoms with Crippen LogP contribution in [0.25, 0.3) is 0 Å². The molecule has 1 aliphatic rings. The van der Waals surface area contributed by atoms with Crippen LogP contribution in [0.1, 0.15) is 56.6 Å². The standard InChI is InChI=1S/C27H36FN3O4S/c1-20-8-6-11-25(18-20)31(36(3,34)35)17-7-12-26(32)30(19-22-13-15-23(28)16-14-22)21(2)27(33)29-24-9-4-5-10-24/h6,8,11,13-16,18,21,24H,4-5,7,9-10,12,17,19H2,1-3H3,(H,29,33)/t21-/m0/s1. The summed E-state index contributed by atoms with van der Waals surface area (Å²) in [5.41, 5.74) is 2.20. The van der Waals surface area contributed by atoms with Gasteiger partial charge in [-0.25, -0.2) is 12.8 Å². The van der Waals surface area contributed by atoms with Crippen LogP contribution >= 0.6 is 0 Å². The highest BCUT2D eigenvalue weighted by Gasteiger charge is 2.28. The Morgan fingerprint density at radius 2 is 1.78 bits per heavy atom. The first-order chi connectivity index (χ1) is 17.0. The molecule has 1 N–H and O–H groups in total. The maximum absolute atomic E-state index is 13.4. The summed E-state index contributed by atoms with van der Waals surface area (Å²) in [6.07, 6.45) is 5.53. The average Bonchev–Trinajstić information content (AvgIpc) is 3.33. The van der Waals surface area contributed by atoms with Gasteiger partial charge in [0.1, 0.15) is 11.9 Å². The molecule has 1 fully saturated rings. The molecule has 0 bridgehead atoms. The van der Waals surface area contributed by atoms with Crippen LogP contribution in [0.5, 0.6) is 0 Å². The number of hydrogen-bond donors (Lipinski definition) is 1. The Balaban J connectivity index is 1.71. The minimum Gasteiger partial charge on any atom is -0.352 e. The van der Waals surface area contributed by atoms with Crippen molar-refractivity contribution in [3.63, 3.8) is 0 Å². The molecule has 1 aliphatic carbocycles. The van der Waals surface area contributed by atoms with Crippen LogP contribution in [0.2, 0.25) is 0 Å². The number of nitrogens with one attached hydrogen (secondary N) is 1. The molecule has 2 aromatic rings. The maximum Gasteiger partial charge on any atom is 0.242 e. The summed E-state index contributed by atoms with van der Waals surface area (Å²) in [7, 11) is -3.54. The molecule has 0 aliphatic heterocycles. The van der Waals surface area contributed by atoms with Crippen molar-refractivity contribution in [3.05, 3.63) is 65.5 Å². The lowest BCUT2D eigenvalue weighted by Crippen LogP contribution is -2.49. The van der Waals surface area contributed by atoms with Crippen molar-refractivity contribution >= 4 is 27.5 Å². The number of nitrogens with zero attached hydrogens (tertiary/aromatic N) is 2. The third-order valence-corrected chi connectivity index (χ3v) is 7.77. The second-order valence-electron chi connectivity index (χ2n) is 9.59. The van der Waals surface area contributed by atoms with Gasteiger partial charge in [0.15, 0.2) is 0 Å². The number of aryl methyl sites for hydroxylation is 1. The van der Waals surface area contributed by atoms with Crippen molar-refractivity contribution in [2.24, 2.45) is 0 Å². The average molecular weight is 518 g/mol. The molecule has 2 amide bonds. The molecule has 1 saturated carbocycles. The summed E-state index contributed by atoms with van der Waals surface area (Å²) in [4.78, 5) is 27.8. The van der Waals surface area contributed by atoms with Crippen molar-refractivity contribution in [3.8, 4) is 0 Å². The number of carbonyl (C=O) groups is 2. The van der Waals surface area contributed by atoms with E-state index >= 15 is 0 Å². The molecule has 9 heteroatoms. The SMILES string of the molecule is Cc1cccc(N(CCCC(=O)N(Cc2ccc(F)cc2)[C@@H](C)C(=O)NC2CCCC2)S(C)(=O)=O)c1. The fourth-order valence-corrected chi connectivity index (χ4v) is 5.51. The largest absolute Gasteiger partial charge is 0.352 e. The lowest BCUT2D eigenvalue weighted by atomic mass is 10.1. The Bertz CT molecular complexity index is 1150. The molecule has 0 aromatic heterocycles. The Labute approximate surface area is 213 Å². The molecule has 0 saturated heterocycles. The predicted molar refractivity (Wildman–Crippen MR) is 139 cm³/mol. The van der Waals surface area contributed by atoms with Gasteiger partial charge in [-0.05, 0) is 68.5 Å². The van der Waals surface area contributed by atoms with Crippen LogP contribution < -0.4 is 9.62 Å². The number of hydrogen-bond acceptors (Lipinski definition) is 4. The normalized spacial score (nSPS) is 14.9. The van der Waals surface area contributed by atoms with E-state index < -0.39 is 16.1 Å². The summed E-state index contributed by atoms with van der Waals surface area (Å²) in [6.45, 7) is 3.88. The van der Waals surface area contributed by atoms with Gasteiger partial charge in [-0.2, -0.15) is 0 Å². The van der Waals surface area contributed by atoms with E-state index in [-0.39, 0.29) is 49.6 Å². The van der Waals surface area contributed by atoms with Gasteiger partial charge in [-0.3, -0.25) is 13.9 Å². The highest BCUT2D eigenvalue weighted by atomic mass is 32.2. The highest BCUT2D eigenvalue weighted by Crippen LogP contribution is 2.21. The molecule has 1 atom stereocenters. The third kappa shape index (κ3) is 7.78. The Kier molecular flexibility index (Phi) is 9.48. The second kappa shape index (κ2) is 12.3. The maximum atomic E-state index is 13.4. The number of benzene rings is 2. The zero-order chi connectivity index (χ0) is 26.3. The van der Waals surface area contributed by atoms with E-state index in [0.717, 1.165) is 37.5 Å². The van der Waals surface area contributed by atoms with E-state index in [1.54, 1.807) is 37.3 Å². The van der Waals surface area contributed by atoms with Gasteiger partial charge in [-0.1, -0.05) is 37.1 Å². The summed E-state index contributed by atoms with van der Waals surface area (Å²) in [6, 6.07) is 12.5. The van der Waals surface area contributed by atoms with Crippen LogP contribution in [-0.4, -0.2) is 50.0 Å². The fourth-order valence-electron chi connectivity index (χ4n) is 4.55. The lowest BCUT2D eigenvalue weighted by Gasteiger charge is -2.30. The minimum atomic E-state index is -3.54. The monoisotopic (exact) mass is 517 g/mol. The summed E-state index contributed by atoms with van der Waals surface area (Å²) in [5.74, 6) is -0.846. The Hall–Kier alpha value is -2.94. The number of anilines is 1. The number of amides is 2. The molecule has 7 nitrogen and oxygen atoms in total. The van der Waals surface area contributed by atoms with Crippen LogP contribution in [-0.2, 0) is 26.2 Å². The molecule has 36 heavy (non-hydrogen) atoms. The topological polar surface area (TPSA) is 86.8 Å². The molecular weight excluding hydrogens is 481 g/mol. The molecule has 0 heterocycles. The molecule has 2 aromatic carbocycles. The van der Waals surface area contributed by atoms with Crippen LogP contribution in [0.3, 0.4) is 0 Å². The van der Waals surface area contributed by atoms with Crippen LogP contribution in [0.15, 0.2) is 48.5 Å². The number of halogens is 1. The van der Waals surface area contributed by atoms with Gasteiger partial charge in [0.2, 0.25) is 21.8 Å². The molecule has 3 rings (SSSR count). The van der Waals surface area contributed by atoms with E-state index in [2.05, 4.69) is 5.32 Å². The molecular formula is C27H36FN3O4S. The first-order valence-electron chi connectivity index (χ1n) is 12.4. The first-order valence-corrected chi connectivity index (χ1v) is 14.3. The minimum absolute atomic E-state index is 0.0695. The van der Waals surface area contributed by atoms with Gasteiger partial charge >= 0.3 is 0 Å². The zero-order valence-electron chi connectivity index (χ0n) is 21.2. The van der Waals surface area contributed by atoms with Crippen molar-refractivity contribution < 1.29 is 22.4 Å². The van der Waals surface area contributed by atoms with E-state index in [0.29, 0.717) is 11.3 Å². The predicted octanol–water partition coefficient (Wildman–Crippen LogP) is 4.16. The summed E-state index contributed by atoms with van der Waals surface area (Å²) >= 11 is 0. The third-order valence-electron chi connectivity index (χ3n) is 6.58. The summed E-state index contributed by atoms with van der Waals surface area (Å²) < 4.78 is 39.6. The first kappa shape index (κ1) is 27.6. The molecule has 0 radical (unpaired) electrons. The lowest BCUT2D eigenvalue weighted by molar-refractivity contribution is -0.141. The van der Waals surface area contributed by atoms with Crippen molar-refractivity contribution in [1.29, 1.82) is 0 Å². The van der Waals surface area contributed by atoms with Crippen molar-refractivity contribution in [2.75, 3.05) is 17.1 Å². The van der Waals surface area contributed by atoms with Crippen molar-refractivity contribution in [2.45, 2.75) is 71.0 Å². The van der Waals surface area contributed by atoms with E-state index in [1.807, 2.05) is 13.0 Å². The Morgan fingerprint density at radius 3 is 2.39 bits per heavy atom. The molecule has 196 valence electrons. The van der Waals surface area contributed by atoms with E-state index in [4.69, 9.17) is 0 Å². The van der Waals surface area contributed by atoms with Gasteiger partial charge in [0, 0.05) is 25.6 Å². The smallest absolute Gasteiger partial charge is 0.242 e. The van der Waals surface area contributed by atoms with E-state index in [1.165, 1.54) is 21.3 Å². The van der Waals surface area contributed by atoms with Crippen LogP contribution in [0.4, 0.5) is 10.1 Å². The Morgan fingerprint density at radius 1 is 1.11 bits per heavy atom. The van der Waals surface area contributed by atoms with Gasteiger partial charge in [0.25, 0.3) is 0 Å². The summed E-state index contributed by atoms with van der Waals surface area (Å²) in [5, 5.41) is 3.05. The zero-order valence-corrected chi connectivity index (χ0v) is 22.1. The second-order valence-corrected chi connectivity index (χ2v) is 11.5. The van der Waals surface area contributed by atoms with Gasteiger partial charge < -0.3 is 10.2 Å². The highest BCUT2D eigenvalue weighted by molar-refractivity contribution is 7.92. The fraction of sp³-hybridized carbons (Fsp3) is 0.481. The van der Waals surface area contributed by atoms with Crippen LogP contribution in [0, 0.1) is 12.7 Å². The number of rotatable bonds is 11. The number of carbonyl (C=O) groups excluding carboxylic acids is 2. The number of sulfonamides is 1. The van der Waals surface area contributed by atoms with Crippen molar-refractivity contribution in [1.82, 2.24) is 10.2 Å².